The van der Waals surface area contributed by atoms with Crippen molar-refractivity contribution >= 4 is 44.6 Å². The summed E-state index contributed by atoms with van der Waals surface area (Å²) in [6.45, 7) is 0.987. The molecule has 1 fully saturated rings. The average molecular weight is 655 g/mol. The minimum absolute atomic E-state index is 0.0470. The molecule has 0 radical (unpaired) electrons. The van der Waals surface area contributed by atoms with Crippen LogP contribution in [-0.2, 0) is 20.0 Å². The van der Waals surface area contributed by atoms with E-state index in [1.807, 2.05) is 48.5 Å². The Hall–Kier alpha value is -3.73. The Morgan fingerprint density at radius 1 is 1.00 bits per heavy atom. The Balaban J connectivity index is 1.40. The van der Waals surface area contributed by atoms with Crippen molar-refractivity contribution in [2.24, 2.45) is 5.73 Å². The highest BCUT2D eigenvalue weighted by Gasteiger charge is 2.42. The summed E-state index contributed by atoms with van der Waals surface area (Å²) < 4.78 is 42.4. The Kier molecular flexibility index (Phi) is 9.43. The normalized spacial score (nSPS) is 14.8. The number of thiophene rings is 1. The SMILES string of the molecule is CS(=O)(=O)CCCOc1ccc(-c2cc(C(=O)N3CCC(C(N)=O)(c4ccccc4)CC3)sc2-c2ccc(F)cc2Cl)cc1. The zero-order valence-corrected chi connectivity index (χ0v) is 26.5. The van der Waals surface area contributed by atoms with Gasteiger partial charge in [0.15, 0.2) is 0 Å². The third-order valence-corrected chi connectivity index (χ3v) is 10.4. The summed E-state index contributed by atoms with van der Waals surface area (Å²) in [4.78, 5) is 29.4. The van der Waals surface area contributed by atoms with Crippen LogP contribution in [0.2, 0.25) is 5.02 Å². The predicted octanol–water partition coefficient (Wildman–Crippen LogP) is 6.35. The first-order valence-corrected chi connectivity index (χ1v) is 17.4. The van der Waals surface area contributed by atoms with Gasteiger partial charge in [-0.15, -0.1) is 11.3 Å². The van der Waals surface area contributed by atoms with Crippen LogP contribution >= 0.6 is 22.9 Å². The largest absolute Gasteiger partial charge is 0.494 e. The monoisotopic (exact) mass is 654 g/mol. The number of sulfone groups is 1. The minimum Gasteiger partial charge on any atom is -0.494 e. The average Bonchev–Trinajstić information content (AvgIpc) is 3.44. The number of carbonyl (C=O) groups excluding carboxylic acids is 2. The van der Waals surface area contributed by atoms with E-state index in [1.165, 1.54) is 29.7 Å². The van der Waals surface area contributed by atoms with E-state index in [0.717, 1.165) is 16.7 Å². The molecule has 1 saturated heterocycles. The summed E-state index contributed by atoms with van der Waals surface area (Å²) in [5.41, 5.74) is 8.07. The fourth-order valence-corrected chi connectivity index (χ4v) is 7.66. The quantitative estimate of drug-likeness (QED) is 0.201. The number of nitrogens with zero attached hydrogens (tertiary/aromatic N) is 1. The lowest BCUT2D eigenvalue weighted by Gasteiger charge is -2.40. The Labute approximate surface area is 265 Å². The molecule has 2 N–H and O–H groups in total. The van der Waals surface area contributed by atoms with Gasteiger partial charge in [-0.3, -0.25) is 9.59 Å². The number of carbonyl (C=O) groups is 2. The van der Waals surface area contributed by atoms with Crippen LogP contribution < -0.4 is 10.5 Å². The molecule has 5 rings (SSSR count). The summed E-state index contributed by atoms with van der Waals surface area (Å²) in [6.07, 6.45) is 2.40. The molecule has 4 aromatic rings. The first kappa shape index (κ1) is 31.7. The lowest BCUT2D eigenvalue weighted by atomic mass is 9.72. The van der Waals surface area contributed by atoms with E-state index in [0.29, 0.717) is 53.4 Å². The zero-order valence-electron chi connectivity index (χ0n) is 24.1. The minimum atomic E-state index is -3.06. The van der Waals surface area contributed by atoms with Crippen LogP contribution in [0, 0.1) is 5.82 Å². The van der Waals surface area contributed by atoms with Crippen molar-refractivity contribution in [3.05, 3.63) is 100 Å². The van der Waals surface area contributed by atoms with Gasteiger partial charge in [-0.25, -0.2) is 12.8 Å². The number of nitrogens with two attached hydrogens (primary N) is 1. The first-order chi connectivity index (χ1) is 21.0. The van der Waals surface area contributed by atoms with Gasteiger partial charge in [-0.2, -0.15) is 0 Å². The lowest BCUT2D eigenvalue weighted by Crippen LogP contribution is -2.51. The van der Waals surface area contributed by atoms with Crippen molar-refractivity contribution in [3.63, 3.8) is 0 Å². The Morgan fingerprint density at radius 2 is 1.68 bits per heavy atom. The topological polar surface area (TPSA) is 107 Å². The number of hydrogen-bond acceptors (Lipinski definition) is 6. The van der Waals surface area contributed by atoms with Crippen LogP contribution in [-0.4, -0.2) is 56.8 Å². The Bertz CT molecular complexity index is 1770. The van der Waals surface area contributed by atoms with Crippen molar-refractivity contribution in [1.82, 2.24) is 4.90 Å². The lowest BCUT2D eigenvalue weighted by molar-refractivity contribution is -0.125. The van der Waals surface area contributed by atoms with E-state index in [4.69, 9.17) is 22.1 Å². The first-order valence-electron chi connectivity index (χ1n) is 14.1. The van der Waals surface area contributed by atoms with Gasteiger partial charge >= 0.3 is 0 Å². The molecule has 7 nitrogen and oxygen atoms in total. The molecule has 0 unspecified atom stereocenters. The molecular formula is C33H32ClFN2O5S2. The van der Waals surface area contributed by atoms with Crippen LogP contribution in [0.1, 0.15) is 34.5 Å². The van der Waals surface area contributed by atoms with Crippen molar-refractivity contribution in [3.8, 4) is 27.3 Å². The number of hydrogen-bond donors (Lipinski definition) is 1. The highest BCUT2D eigenvalue weighted by molar-refractivity contribution is 7.90. The number of halogens is 2. The van der Waals surface area contributed by atoms with E-state index in [1.54, 1.807) is 23.1 Å². The van der Waals surface area contributed by atoms with Gasteiger partial charge < -0.3 is 15.4 Å². The number of likely N-dealkylation sites (tertiary alicyclic amines) is 1. The van der Waals surface area contributed by atoms with Gasteiger partial charge in [-0.05, 0) is 66.8 Å². The molecule has 0 spiro atoms. The van der Waals surface area contributed by atoms with Gasteiger partial charge in [-0.1, -0.05) is 54.1 Å². The number of ether oxygens (including phenoxy) is 1. The molecule has 230 valence electrons. The molecule has 11 heteroatoms. The second kappa shape index (κ2) is 13.1. The second-order valence-corrected chi connectivity index (χ2v) is 14.7. The highest BCUT2D eigenvalue weighted by Crippen LogP contribution is 2.44. The number of benzene rings is 3. The van der Waals surface area contributed by atoms with E-state index >= 15 is 0 Å². The number of piperidine rings is 1. The van der Waals surface area contributed by atoms with E-state index < -0.39 is 27.0 Å². The molecule has 1 aliphatic rings. The third kappa shape index (κ3) is 6.98. The van der Waals surface area contributed by atoms with Crippen molar-refractivity contribution < 1.29 is 27.1 Å². The molecule has 0 atom stereocenters. The highest BCUT2D eigenvalue weighted by atomic mass is 35.5. The maximum absolute atomic E-state index is 13.9. The number of primary amides is 1. The third-order valence-electron chi connectivity index (χ3n) is 7.91. The van der Waals surface area contributed by atoms with Gasteiger partial charge in [0.2, 0.25) is 5.91 Å². The Morgan fingerprint density at radius 3 is 2.30 bits per heavy atom. The molecule has 2 heterocycles. The van der Waals surface area contributed by atoms with Crippen LogP contribution in [0.15, 0.2) is 78.9 Å². The molecule has 2 amide bonds. The zero-order chi connectivity index (χ0) is 31.5. The molecule has 1 aromatic heterocycles. The maximum atomic E-state index is 13.9. The van der Waals surface area contributed by atoms with Crippen molar-refractivity contribution in [2.45, 2.75) is 24.7 Å². The summed E-state index contributed by atoms with van der Waals surface area (Å²) in [7, 11) is -3.06. The smallest absolute Gasteiger partial charge is 0.263 e. The van der Waals surface area contributed by atoms with E-state index in [-0.39, 0.29) is 23.3 Å². The van der Waals surface area contributed by atoms with Crippen molar-refractivity contribution in [2.75, 3.05) is 31.7 Å². The van der Waals surface area contributed by atoms with Gasteiger partial charge in [0, 0.05) is 35.3 Å². The van der Waals surface area contributed by atoms with Crippen LogP contribution in [0.25, 0.3) is 21.6 Å². The maximum Gasteiger partial charge on any atom is 0.263 e. The summed E-state index contributed by atoms with van der Waals surface area (Å²) in [5.74, 6) is -0.399. The molecule has 1 aliphatic heterocycles. The molecular weight excluding hydrogens is 623 g/mol. The number of rotatable bonds is 10. The van der Waals surface area contributed by atoms with Gasteiger partial charge in [0.1, 0.15) is 21.4 Å². The molecule has 44 heavy (non-hydrogen) atoms. The predicted molar refractivity (Wildman–Crippen MR) is 172 cm³/mol. The number of amides is 2. The fraction of sp³-hybridized carbons (Fsp3) is 0.273. The van der Waals surface area contributed by atoms with Crippen LogP contribution in [0.3, 0.4) is 0 Å². The van der Waals surface area contributed by atoms with E-state index in [9.17, 15) is 22.4 Å². The van der Waals surface area contributed by atoms with Gasteiger partial charge in [0.25, 0.3) is 5.91 Å². The summed E-state index contributed by atoms with van der Waals surface area (Å²) in [6, 6.07) is 22.7. The standard InChI is InChI=1S/C33H32ClFN2O5S2/c1-44(40,41)19-5-18-42-25-11-8-22(9-12-25)27-21-29(43-30(27)26-13-10-24(35)20-28(26)34)31(38)37-16-14-33(15-17-37,32(36)39)23-6-3-2-4-7-23/h2-4,6-13,20-21H,5,14-19H2,1H3,(H2,36,39). The van der Waals surface area contributed by atoms with E-state index in [2.05, 4.69) is 0 Å². The summed E-state index contributed by atoms with van der Waals surface area (Å²) >= 11 is 7.75. The second-order valence-electron chi connectivity index (χ2n) is 10.9. The van der Waals surface area contributed by atoms with Gasteiger partial charge in [0.05, 0.1) is 27.7 Å². The molecule has 0 aliphatic carbocycles. The molecule has 0 bridgehead atoms. The van der Waals surface area contributed by atoms with Crippen LogP contribution in [0.5, 0.6) is 5.75 Å². The molecule has 0 saturated carbocycles. The van der Waals surface area contributed by atoms with Crippen LogP contribution in [0.4, 0.5) is 4.39 Å². The molecule has 3 aromatic carbocycles. The van der Waals surface area contributed by atoms with Crippen molar-refractivity contribution in [1.29, 1.82) is 0 Å². The summed E-state index contributed by atoms with van der Waals surface area (Å²) in [5, 5.41) is 0.227. The fourth-order valence-electron chi connectivity index (χ4n) is 5.51.